The third-order valence-electron chi connectivity index (χ3n) is 6.00. The number of nitrogens with one attached hydrogen (secondary N) is 2. The fourth-order valence-corrected chi connectivity index (χ4v) is 5.91. The summed E-state index contributed by atoms with van der Waals surface area (Å²) in [6.45, 7) is 13.3. The van der Waals surface area contributed by atoms with Gasteiger partial charge in [0.25, 0.3) is 0 Å². The van der Waals surface area contributed by atoms with E-state index >= 15 is 0 Å². The quantitative estimate of drug-likeness (QED) is 0.678. The molecule has 0 amide bonds. The highest BCUT2D eigenvalue weighted by Crippen LogP contribution is 2.28. The summed E-state index contributed by atoms with van der Waals surface area (Å²) < 4.78 is 36.9. The normalized spacial score (nSPS) is 18.1. The predicted molar refractivity (Wildman–Crippen MR) is 123 cm³/mol. The number of ether oxygens (including phenoxy) is 1. The summed E-state index contributed by atoms with van der Waals surface area (Å²) in [6, 6.07) is 10.3. The second-order valence-electron chi connectivity index (χ2n) is 9.58. The van der Waals surface area contributed by atoms with E-state index in [4.69, 9.17) is 4.74 Å². The average Bonchev–Trinajstić information content (AvgIpc) is 3.03. The molecule has 8 heteroatoms. The Morgan fingerprint density at radius 1 is 1.16 bits per heavy atom. The molecule has 1 aromatic carbocycles. The van der Waals surface area contributed by atoms with Crippen LogP contribution in [0, 0.1) is 13.8 Å². The fraction of sp³-hybridized carbons (Fsp3) is 0.609. The Morgan fingerprint density at radius 2 is 1.77 bits per heavy atom. The molecule has 1 fully saturated rings. The number of hydrogen-bond acceptors (Lipinski definition) is 5. The first-order valence-corrected chi connectivity index (χ1v) is 12.4. The second kappa shape index (κ2) is 9.02. The molecule has 1 unspecified atom stereocenters. The monoisotopic (exact) mass is 448 g/mol. The van der Waals surface area contributed by atoms with Gasteiger partial charge in [-0.3, -0.25) is 4.68 Å². The summed E-state index contributed by atoms with van der Waals surface area (Å²) in [5.74, 6) is 0. The summed E-state index contributed by atoms with van der Waals surface area (Å²) in [5.41, 5.74) is 1.68. The Kier molecular flexibility index (Phi) is 6.96. The Bertz CT molecular complexity index is 988. The molecule has 1 saturated heterocycles. The van der Waals surface area contributed by atoms with E-state index in [0.29, 0.717) is 31.1 Å². The number of benzene rings is 1. The lowest BCUT2D eigenvalue weighted by atomic mass is 9.88. The van der Waals surface area contributed by atoms with Gasteiger partial charge in [0.15, 0.2) is 0 Å². The van der Waals surface area contributed by atoms with E-state index in [9.17, 15) is 8.42 Å². The Balaban J connectivity index is 1.83. The van der Waals surface area contributed by atoms with Crippen molar-refractivity contribution < 1.29 is 13.2 Å². The third-order valence-corrected chi connectivity index (χ3v) is 7.65. The number of nitrogens with zero attached hydrogens (tertiary/aromatic N) is 2. The van der Waals surface area contributed by atoms with Crippen molar-refractivity contribution in [3.8, 4) is 0 Å². The molecule has 1 aliphatic heterocycles. The number of aryl methyl sites for hydroxylation is 1. The molecule has 0 spiro atoms. The Morgan fingerprint density at radius 3 is 2.32 bits per heavy atom. The van der Waals surface area contributed by atoms with Crippen molar-refractivity contribution in [1.29, 1.82) is 0 Å². The molecule has 2 heterocycles. The maximum absolute atomic E-state index is 13.3. The highest BCUT2D eigenvalue weighted by molar-refractivity contribution is 7.89. The summed E-state index contributed by atoms with van der Waals surface area (Å²) in [7, 11) is -3.71. The Hall–Kier alpha value is -1.74. The van der Waals surface area contributed by atoms with Crippen LogP contribution in [-0.2, 0) is 20.3 Å². The maximum atomic E-state index is 13.3. The number of aromatic nitrogens is 2. The van der Waals surface area contributed by atoms with Crippen LogP contribution in [0.3, 0.4) is 0 Å². The lowest BCUT2D eigenvalue weighted by Gasteiger charge is -2.40. The number of hydrogen-bond donors (Lipinski definition) is 2. The van der Waals surface area contributed by atoms with Gasteiger partial charge in [0.2, 0.25) is 10.0 Å². The number of sulfonamides is 1. The van der Waals surface area contributed by atoms with Crippen LogP contribution >= 0.6 is 0 Å². The maximum Gasteiger partial charge on any atom is 0.244 e. The molecule has 172 valence electrons. The van der Waals surface area contributed by atoms with Gasteiger partial charge in [-0.2, -0.15) is 5.10 Å². The third kappa shape index (κ3) is 5.37. The summed E-state index contributed by atoms with van der Waals surface area (Å²) in [4.78, 5) is 0.278. The van der Waals surface area contributed by atoms with Crippen molar-refractivity contribution >= 4 is 10.0 Å². The molecule has 3 rings (SSSR count). The van der Waals surface area contributed by atoms with Crippen LogP contribution in [0.2, 0.25) is 0 Å². The van der Waals surface area contributed by atoms with Crippen LogP contribution in [0.5, 0.6) is 0 Å². The zero-order valence-electron chi connectivity index (χ0n) is 19.5. The minimum atomic E-state index is -3.71. The van der Waals surface area contributed by atoms with E-state index in [2.05, 4.69) is 34.2 Å². The molecule has 2 aromatic rings. The summed E-state index contributed by atoms with van der Waals surface area (Å²) >= 11 is 0. The SMILES string of the molecule is Cc1nn(C(C)(C)C)c(C)c1S(=O)(=O)NCC1(NC(C)c2ccccc2)CCOCC1. The molecular formula is C23H36N4O3S. The first-order valence-electron chi connectivity index (χ1n) is 10.9. The van der Waals surface area contributed by atoms with Crippen molar-refractivity contribution in [3.63, 3.8) is 0 Å². The van der Waals surface area contributed by atoms with Gasteiger partial charge in [0, 0.05) is 31.3 Å². The highest BCUT2D eigenvalue weighted by atomic mass is 32.2. The largest absolute Gasteiger partial charge is 0.381 e. The van der Waals surface area contributed by atoms with E-state index in [1.54, 1.807) is 11.6 Å². The molecule has 1 atom stereocenters. The first-order chi connectivity index (χ1) is 14.5. The molecule has 2 N–H and O–H groups in total. The van der Waals surface area contributed by atoms with E-state index in [-0.39, 0.29) is 22.0 Å². The van der Waals surface area contributed by atoms with Gasteiger partial charge in [-0.15, -0.1) is 0 Å². The van der Waals surface area contributed by atoms with E-state index in [1.807, 2.05) is 45.9 Å². The average molecular weight is 449 g/mol. The van der Waals surface area contributed by atoms with Crippen molar-refractivity contribution in [2.24, 2.45) is 0 Å². The van der Waals surface area contributed by atoms with E-state index in [0.717, 1.165) is 12.8 Å². The highest BCUT2D eigenvalue weighted by Gasteiger charge is 2.36. The van der Waals surface area contributed by atoms with Crippen molar-refractivity contribution in [2.45, 2.75) is 76.4 Å². The van der Waals surface area contributed by atoms with Gasteiger partial charge in [0.1, 0.15) is 4.90 Å². The van der Waals surface area contributed by atoms with Gasteiger partial charge in [-0.05, 0) is 59.9 Å². The molecule has 31 heavy (non-hydrogen) atoms. The first kappa shape index (κ1) is 23.9. The van der Waals surface area contributed by atoms with Gasteiger partial charge in [-0.1, -0.05) is 30.3 Å². The van der Waals surface area contributed by atoms with Gasteiger partial charge >= 0.3 is 0 Å². The second-order valence-corrected chi connectivity index (χ2v) is 11.3. The van der Waals surface area contributed by atoms with Crippen molar-refractivity contribution in [3.05, 3.63) is 47.3 Å². The van der Waals surface area contributed by atoms with Crippen LogP contribution in [0.25, 0.3) is 0 Å². The van der Waals surface area contributed by atoms with E-state index in [1.165, 1.54) is 5.56 Å². The van der Waals surface area contributed by atoms with Gasteiger partial charge < -0.3 is 10.1 Å². The molecule has 1 aromatic heterocycles. The zero-order valence-corrected chi connectivity index (χ0v) is 20.3. The minimum Gasteiger partial charge on any atom is -0.381 e. The number of rotatable bonds is 7. The van der Waals surface area contributed by atoms with Crippen molar-refractivity contribution in [1.82, 2.24) is 19.8 Å². The van der Waals surface area contributed by atoms with Crippen LogP contribution in [-0.4, -0.2) is 43.5 Å². The molecule has 0 saturated carbocycles. The van der Waals surface area contributed by atoms with Crippen molar-refractivity contribution in [2.75, 3.05) is 19.8 Å². The summed E-state index contributed by atoms with van der Waals surface area (Å²) in [6.07, 6.45) is 1.48. The topological polar surface area (TPSA) is 85.2 Å². The lowest BCUT2D eigenvalue weighted by molar-refractivity contribution is 0.0358. The van der Waals surface area contributed by atoms with Crippen LogP contribution in [0.15, 0.2) is 35.2 Å². The van der Waals surface area contributed by atoms with Crippen LogP contribution < -0.4 is 10.0 Å². The van der Waals surface area contributed by atoms with Gasteiger partial charge in [-0.25, -0.2) is 13.1 Å². The molecule has 0 radical (unpaired) electrons. The standard InChI is InChI=1S/C23H36N4O3S/c1-17(20-10-8-7-9-11-20)25-23(12-14-30-15-13-23)16-24-31(28,29)21-18(2)26-27(19(21)3)22(4,5)6/h7-11,17,24-25H,12-16H2,1-6H3. The minimum absolute atomic E-state index is 0.0934. The van der Waals surface area contributed by atoms with Crippen LogP contribution in [0.1, 0.15) is 63.5 Å². The Labute approximate surface area is 186 Å². The van der Waals surface area contributed by atoms with Gasteiger partial charge in [0.05, 0.1) is 16.9 Å². The summed E-state index contributed by atoms with van der Waals surface area (Å²) in [5, 5.41) is 8.21. The van der Waals surface area contributed by atoms with Crippen LogP contribution in [0.4, 0.5) is 0 Å². The molecule has 1 aliphatic rings. The molecule has 7 nitrogen and oxygen atoms in total. The fourth-order valence-electron chi connectivity index (χ4n) is 4.39. The smallest absolute Gasteiger partial charge is 0.244 e. The molecule has 0 bridgehead atoms. The zero-order chi connectivity index (χ0) is 22.9. The van der Waals surface area contributed by atoms with E-state index < -0.39 is 10.0 Å². The molecule has 0 aliphatic carbocycles. The predicted octanol–water partition coefficient (Wildman–Crippen LogP) is 3.43. The molecular weight excluding hydrogens is 412 g/mol. The lowest BCUT2D eigenvalue weighted by Crippen LogP contribution is -2.57.